The van der Waals surface area contributed by atoms with Crippen LogP contribution in [-0.2, 0) is 21.2 Å². The summed E-state index contributed by atoms with van der Waals surface area (Å²) in [6, 6.07) is 19.8. The van der Waals surface area contributed by atoms with E-state index in [2.05, 4.69) is 10.0 Å². The van der Waals surface area contributed by atoms with Crippen LogP contribution in [-0.4, -0.2) is 19.2 Å². The Morgan fingerprint density at radius 3 is 2.30 bits per heavy atom. The van der Waals surface area contributed by atoms with Gasteiger partial charge in [0.05, 0.1) is 21.1 Å². The average Bonchev–Trinajstić information content (AvgIpc) is 2.79. The maximum Gasteiger partial charge on any atom is 0.274 e. The normalized spacial score (nSPS) is 12.2. The number of amides is 1. The summed E-state index contributed by atoms with van der Waals surface area (Å²) in [4.78, 5) is 23.0. The number of nitro benzene ring substituents is 1. The molecule has 1 atom stereocenters. The summed E-state index contributed by atoms with van der Waals surface area (Å²) in [5.41, 5.74) is 2.40. The molecule has 0 aliphatic carbocycles. The summed E-state index contributed by atoms with van der Waals surface area (Å²) in [7, 11) is -3.70. The summed E-state index contributed by atoms with van der Waals surface area (Å²) in [5.74, 6) is -0.284. The average molecular weight is 468 g/mol. The topological polar surface area (TPSA) is 118 Å². The molecule has 1 amide bonds. The summed E-state index contributed by atoms with van der Waals surface area (Å²) < 4.78 is 28.0. The van der Waals surface area contributed by atoms with E-state index in [1.54, 1.807) is 32.0 Å². The summed E-state index contributed by atoms with van der Waals surface area (Å²) >= 11 is 0. The van der Waals surface area contributed by atoms with Crippen LogP contribution >= 0.6 is 0 Å². The van der Waals surface area contributed by atoms with Crippen molar-refractivity contribution in [3.8, 4) is 0 Å². The number of sulfonamides is 1. The number of aryl methyl sites for hydroxylation is 1. The number of nitrogens with one attached hydrogen (secondary N) is 2. The Balaban J connectivity index is 1.59. The molecule has 0 aliphatic rings. The third kappa shape index (κ3) is 6.24. The van der Waals surface area contributed by atoms with Crippen LogP contribution in [0.4, 0.5) is 11.4 Å². The molecule has 0 saturated heterocycles. The van der Waals surface area contributed by atoms with Gasteiger partial charge in [0.2, 0.25) is 15.9 Å². The molecule has 3 rings (SSSR count). The first kappa shape index (κ1) is 24.1. The van der Waals surface area contributed by atoms with Crippen LogP contribution in [0.1, 0.15) is 36.1 Å². The number of benzene rings is 3. The second-order valence-electron chi connectivity index (χ2n) is 7.65. The molecule has 3 aromatic rings. The van der Waals surface area contributed by atoms with Gasteiger partial charge in [0.25, 0.3) is 5.69 Å². The molecule has 0 aliphatic heterocycles. The van der Waals surface area contributed by atoms with Crippen LogP contribution in [0, 0.1) is 17.0 Å². The SMILES string of the molecule is Cc1c(NC(=O)CCc2ccc(S(=O)(=O)N[C@@H](C)c3ccccc3)cc2)cccc1[N+](=O)[O-]. The first-order valence-electron chi connectivity index (χ1n) is 10.4. The highest BCUT2D eigenvalue weighted by molar-refractivity contribution is 7.89. The molecule has 172 valence electrons. The van der Waals surface area contributed by atoms with E-state index in [-0.39, 0.29) is 29.0 Å². The highest BCUT2D eigenvalue weighted by Crippen LogP contribution is 2.25. The lowest BCUT2D eigenvalue weighted by molar-refractivity contribution is -0.385. The number of carbonyl (C=O) groups excluding carboxylic acids is 1. The molecule has 0 saturated carbocycles. The van der Waals surface area contributed by atoms with Crippen molar-refractivity contribution in [2.24, 2.45) is 0 Å². The Labute approximate surface area is 192 Å². The summed E-state index contributed by atoms with van der Waals surface area (Å²) in [6.45, 7) is 3.36. The first-order chi connectivity index (χ1) is 15.7. The zero-order valence-corrected chi connectivity index (χ0v) is 19.1. The van der Waals surface area contributed by atoms with E-state index in [4.69, 9.17) is 0 Å². The molecule has 33 heavy (non-hydrogen) atoms. The standard InChI is InChI=1S/C24H25N3O5S/c1-17-22(9-6-10-23(17)27(29)30)25-24(28)16-13-19-11-14-21(15-12-19)33(31,32)26-18(2)20-7-4-3-5-8-20/h3-12,14-15,18,26H,13,16H2,1-2H3,(H,25,28)/t18-/m0/s1. The number of rotatable bonds is 9. The summed E-state index contributed by atoms with van der Waals surface area (Å²) in [5, 5.41) is 13.7. The van der Waals surface area contributed by atoms with Crippen LogP contribution in [0.2, 0.25) is 0 Å². The zero-order valence-electron chi connectivity index (χ0n) is 18.3. The Kier molecular flexibility index (Phi) is 7.57. The second-order valence-corrected chi connectivity index (χ2v) is 9.37. The van der Waals surface area contributed by atoms with Gasteiger partial charge in [0.1, 0.15) is 0 Å². The molecule has 0 spiro atoms. The van der Waals surface area contributed by atoms with Crippen molar-refractivity contribution in [1.82, 2.24) is 4.72 Å². The number of hydrogen-bond acceptors (Lipinski definition) is 5. The van der Waals surface area contributed by atoms with Crippen molar-refractivity contribution in [3.05, 3.63) is 99.6 Å². The Morgan fingerprint density at radius 2 is 1.67 bits per heavy atom. The number of nitro groups is 1. The second kappa shape index (κ2) is 10.4. The molecular formula is C24H25N3O5S. The van der Waals surface area contributed by atoms with Gasteiger partial charge >= 0.3 is 0 Å². The van der Waals surface area contributed by atoms with Gasteiger partial charge in [-0.1, -0.05) is 48.5 Å². The van der Waals surface area contributed by atoms with Crippen molar-refractivity contribution in [1.29, 1.82) is 0 Å². The zero-order chi connectivity index (χ0) is 24.0. The molecule has 0 fully saturated rings. The van der Waals surface area contributed by atoms with Crippen molar-refractivity contribution < 1.29 is 18.1 Å². The highest BCUT2D eigenvalue weighted by atomic mass is 32.2. The minimum atomic E-state index is -3.70. The Morgan fingerprint density at radius 1 is 1.00 bits per heavy atom. The van der Waals surface area contributed by atoms with Crippen molar-refractivity contribution in [2.45, 2.75) is 37.6 Å². The van der Waals surface area contributed by atoms with Gasteiger partial charge in [0.15, 0.2) is 0 Å². The molecular weight excluding hydrogens is 442 g/mol. The number of nitrogens with zero attached hydrogens (tertiary/aromatic N) is 1. The van der Waals surface area contributed by atoms with E-state index in [1.807, 2.05) is 30.3 Å². The summed E-state index contributed by atoms with van der Waals surface area (Å²) in [6.07, 6.45) is 0.547. The van der Waals surface area contributed by atoms with Crippen LogP contribution < -0.4 is 10.0 Å². The predicted molar refractivity (Wildman–Crippen MR) is 126 cm³/mol. The molecule has 0 radical (unpaired) electrons. The fraction of sp³-hybridized carbons (Fsp3) is 0.208. The largest absolute Gasteiger partial charge is 0.326 e. The van der Waals surface area contributed by atoms with Gasteiger partial charge in [-0.3, -0.25) is 14.9 Å². The quantitative estimate of drug-likeness (QED) is 0.354. The number of hydrogen-bond donors (Lipinski definition) is 2. The Hall–Kier alpha value is -3.56. The van der Waals surface area contributed by atoms with Crippen LogP contribution in [0.25, 0.3) is 0 Å². The first-order valence-corrected chi connectivity index (χ1v) is 11.9. The fourth-order valence-corrected chi connectivity index (χ4v) is 4.61. The molecule has 2 N–H and O–H groups in total. The lowest BCUT2D eigenvalue weighted by atomic mass is 10.1. The molecule has 0 bridgehead atoms. The van der Waals surface area contributed by atoms with Crippen molar-refractivity contribution in [3.63, 3.8) is 0 Å². The molecule has 9 heteroatoms. The third-order valence-corrected chi connectivity index (χ3v) is 6.84. The monoisotopic (exact) mass is 467 g/mol. The van der Waals surface area contributed by atoms with Gasteiger partial charge in [0, 0.05) is 18.5 Å². The van der Waals surface area contributed by atoms with E-state index in [1.165, 1.54) is 24.3 Å². The fourth-order valence-electron chi connectivity index (χ4n) is 3.37. The molecule has 0 heterocycles. The van der Waals surface area contributed by atoms with Crippen LogP contribution in [0.15, 0.2) is 77.7 Å². The minimum absolute atomic E-state index is 0.0557. The molecule has 0 aromatic heterocycles. The smallest absolute Gasteiger partial charge is 0.274 e. The Bertz CT molecular complexity index is 1240. The number of carbonyl (C=O) groups is 1. The highest BCUT2D eigenvalue weighted by Gasteiger charge is 2.18. The van der Waals surface area contributed by atoms with Crippen molar-refractivity contribution >= 4 is 27.3 Å². The van der Waals surface area contributed by atoms with Gasteiger partial charge < -0.3 is 5.32 Å². The lowest BCUT2D eigenvalue weighted by Gasteiger charge is -2.15. The van der Waals surface area contributed by atoms with E-state index in [0.717, 1.165) is 11.1 Å². The predicted octanol–water partition coefficient (Wildman–Crippen LogP) is 4.51. The van der Waals surface area contributed by atoms with E-state index >= 15 is 0 Å². The molecule has 8 nitrogen and oxygen atoms in total. The maximum absolute atomic E-state index is 12.7. The molecule has 0 unspecified atom stereocenters. The number of anilines is 1. The lowest BCUT2D eigenvalue weighted by Crippen LogP contribution is -2.26. The van der Waals surface area contributed by atoms with Gasteiger partial charge in [-0.25, -0.2) is 13.1 Å². The van der Waals surface area contributed by atoms with E-state index < -0.39 is 14.9 Å². The van der Waals surface area contributed by atoms with E-state index in [0.29, 0.717) is 17.7 Å². The van der Waals surface area contributed by atoms with Gasteiger partial charge in [-0.15, -0.1) is 0 Å². The van der Waals surface area contributed by atoms with E-state index in [9.17, 15) is 23.3 Å². The molecule has 3 aromatic carbocycles. The van der Waals surface area contributed by atoms with Gasteiger partial charge in [-0.05, 0) is 49.6 Å². The van der Waals surface area contributed by atoms with Crippen LogP contribution in [0.5, 0.6) is 0 Å². The minimum Gasteiger partial charge on any atom is -0.326 e. The van der Waals surface area contributed by atoms with Crippen molar-refractivity contribution in [2.75, 3.05) is 5.32 Å². The van der Waals surface area contributed by atoms with Gasteiger partial charge in [-0.2, -0.15) is 0 Å². The van der Waals surface area contributed by atoms with Crippen LogP contribution in [0.3, 0.4) is 0 Å². The third-order valence-electron chi connectivity index (χ3n) is 5.28. The maximum atomic E-state index is 12.7.